The van der Waals surface area contributed by atoms with Crippen molar-refractivity contribution in [2.24, 2.45) is 0 Å². The number of aromatic amines is 1. The van der Waals surface area contributed by atoms with Gasteiger partial charge in [-0.2, -0.15) is 9.78 Å². The number of ether oxygens (including phenoxy) is 4. The Labute approximate surface area is 193 Å². The molecule has 1 aliphatic heterocycles. The summed E-state index contributed by atoms with van der Waals surface area (Å²) in [6, 6.07) is 10.3. The maximum absolute atomic E-state index is 12.9. The number of aromatic nitrogens is 6. The van der Waals surface area contributed by atoms with Gasteiger partial charge in [0.05, 0.1) is 34.1 Å². The summed E-state index contributed by atoms with van der Waals surface area (Å²) >= 11 is 0. The average Bonchev–Trinajstić information content (AvgIpc) is 3.35. The summed E-state index contributed by atoms with van der Waals surface area (Å²) < 4.78 is 23.3. The second-order valence-electron chi connectivity index (χ2n) is 7.35. The number of H-pyrrole nitrogens is 1. The molecule has 3 heterocycles. The van der Waals surface area contributed by atoms with Crippen LogP contribution in [-0.4, -0.2) is 58.8 Å². The molecule has 0 fully saturated rings. The van der Waals surface area contributed by atoms with Crippen molar-refractivity contribution in [1.82, 2.24) is 30.4 Å². The first kappa shape index (κ1) is 21.2. The van der Waals surface area contributed by atoms with E-state index in [0.29, 0.717) is 51.5 Å². The highest BCUT2D eigenvalue weighted by molar-refractivity contribution is 5.76. The van der Waals surface area contributed by atoms with Gasteiger partial charge in [-0.25, -0.2) is 5.10 Å². The van der Waals surface area contributed by atoms with Gasteiger partial charge in [0.2, 0.25) is 5.95 Å². The number of methoxy groups -OCH3 is 4. The van der Waals surface area contributed by atoms with Gasteiger partial charge in [0.25, 0.3) is 5.56 Å². The van der Waals surface area contributed by atoms with Crippen LogP contribution in [0, 0.1) is 0 Å². The summed E-state index contributed by atoms with van der Waals surface area (Å²) in [6.45, 7) is 0. The van der Waals surface area contributed by atoms with Gasteiger partial charge in [0.1, 0.15) is 11.7 Å². The summed E-state index contributed by atoms with van der Waals surface area (Å²) in [5.41, 5.74) is 2.46. The third-order valence-corrected chi connectivity index (χ3v) is 5.65. The predicted octanol–water partition coefficient (Wildman–Crippen LogP) is 2.15. The lowest BCUT2D eigenvalue weighted by atomic mass is 9.92. The first-order valence-corrected chi connectivity index (χ1v) is 10.2. The van der Waals surface area contributed by atoms with Crippen LogP contribution in [-0.2, 0) is 0 Å². The van der Waals surface area contributed by atoms with Gasteiger partial charge in [-0.3, -0.25) is 4.79 Å². The third kappa shape index (κ3) is 3.27. The molecule has 0 saturated carbocycles. The number of tetrazole rings is 1. The molecule has 0 amide bonds. The highest BCUT2D eigenvalue weighted by atomic mass is 16.5. The summed E-state index contributed by atoms with van der Waals surface area (Å²) in [5, 5.41) is 22.0. The van der Waals surface area contributed by atoms with Crippen molar-refractivity contribution < 1.29 is 18.9 Å². The van der Waals surface area contributed by atoms with Gasteiger partial charge in [0.15, 0.2) is 23.0 Å². The Balaban J connectivity index is 1.78. The van der Waals surface area contributed by atoms with Crippen molar-refractivity contribution in [3.05, 3.63) is 57.9 Å². The Morgan fingerprint density at radius 3 is 2.26 bits per heavy atom. The Hall–Kier alpha value is -4.61. The zero-order valence-corrected chi connectivity index (χ0v) is 18.8. The molecule has 2 N–H and O–H groups in total. The minimum atomic E-state index is -0.584. The lowest BCUT2D eigenvalue weighted by Gasteiger charge is -2.28. The SMILES string of the molecule is COc1ccc(-c2n[nH]c(=O)c3c2[C@@H](c2ccc(OC)c(OC)c2)n2nnnc2N3)cc1OC. The van der Waals surface area contributed by atoms with E-state index in [1.165, 1.54) is 0 Å². The van der Waals surface area contributed by atoms with Gasteiger partial charge < -0.3 is 24.3 Å². The number of hydrogen-bond donors (Lipinski definition) is 2. The monoisotopic (exact) mass is 463 g/mol. The van der Waals surface area contributed by atoms with Gasteiger partial charge in [-0.15, -0.1) is 0 Å². The fraction of sp³-hybridized carbons (Fsp3) is 0.227. The molecule has 4 aromatic rings. The number of hydrogen-bond acceptors (Lipinski definition) is 10. The van der Waals surface area contributed by atoms with Crippen molar-refractivity contribution in [2.75, 3.05) is 33.8 Å². The summed E-state index contributed by atoms with van der Waals surface area (Å²) in [5.74, 6) is 2.52. The molecular formula is C22H21N7O5. The van der Waals surface area contributed by atoms with E-state index in [4.69, 9.17) is 18.9 Å². The molecule has 0 radical (unpaired) electrons. The van der Waals surface area contributed by atoms with Crippen molar-refractivity contribution in [2.45, 2.75) is 6.04 Å². The van der Waals surface area contributed by atoms with Crippen LogP contribution in [0.5, 0.6) is 23.0 Å². The van der Waals surface area contributed by atoms with Crippen molar-refractivity contribution in [1.29, 1.82) is 0 Å². The molecule has 174 valence electrons. The minimum Gasteiger partial charge on any atom is -0.493 e. The Bertz CT molecular complexity index is 1430. The highest BCUT2D eigenvalue weighted by Gasteiger charge is 2.35. The maximum Gasteiger partial charge on any atom is 0.288 e. The fourth-order valence-corrected chi connectivity index (χ4v) is 4.07. The van der Waals surface area contributed by atoms with E-state index < -0.39 is 11.6 Å². The predicted molar refractivity (Wildman–Crippen MR) is 121 cm³/mol. The zero-order valence-electron chi connectivity index (χ0n) is 18.8. The fourth-order valence-electron chi connectivity index (χ4n) is 4.07. The molecule has 0 spiro atoms. The maximum atomic E-state index is 12.9. The smallest absolute Gasteiger partial charge is 0.288 e. The van der Waals surface area contributed by atoms with Crippen LogP contribution in [0.2, 0.25) is 0 Å². The van der Waals surface area contributed by atoms with Crippen LogP contribution in [0.25, 0.3) is 11.3 Å². The molecule has 0 aliphatic carbocycles. The Morgan fingerprint density at radius 1 is 0.882 bits per heavy atom. The number of anilines is 2. The second-order valence-corrected chi connectivity index (χ2v) is 7.35. The molecule has 12 nitrogen and oxygen atoms in total. The molecule has 1 aliphatic rings. The van der Waals surface area contributed by atoms with Crippen molar-refractivity contribution in [3.63, 3.8) is 0 Å². The standard InChI is InChI=1S/C22H21N7O5/c1-31-13-7-5-11(9-15(13)33-3)18-17-19(21(30)25-24-18)23-22-26-27-28-29(22)20(17)12-6-8-14(32-2)16(10-12)34-4/h5-10,20H,1-4H3,(H,25,30)(H,23,26,28)/t20-/m1/s1. The number of fused-ring (bicyclic) bond motifs is 2. The third-order valence-electron chi connectivity index (χ3n) is 5.65. The lowest BCUT2D eigenvalue weighted by molar-refractivity contribution is 0.354. The summed E-state index contributed by atoms with van der Waals surface area (Å²) in [7, 11) is 6.24. The summed E-state index contributed by atoms with van der Waals surface area (Å²) in [6.07, 6.45) is 0. The van der Waals surface area contributed by atoms with Crippen molar-refractivity contribution >= 4 is 11.6 Å². The molecule has 2 aromatic carbocycles. The van der Waals surface area contributed by atoms with Gasteiger partial charge in [-0.05, 0) is 46.3 Å². The highest BCUT2D eigenvalue weighted by Crippen LogP contribution is 2.44. The summed E-state index contributed by atoms with van der Waals surface area (Å²) in [4.78, 5) is 12.9. The van der Waals surface area contributed by atoms with E-state index in [9.17, 15) is 4.79 Å². The lowest BCUT2D eigenvalue weighted by Crippen LogP contribution is -2.29. The molecule has 0 bridgehead atoms. The number of nitrogens with zero attached hydrogens (tertiary/aromatic N) is 5. The molecule has 5 rings (SSSR count). The van der Waals surface area contributed by atoms with E-state index in [0.717, 1.165) is 5.56 Å². The van der Waals surface area contributed by atoms with Gasteiger partial charge >= 0.3 is 0 Å². The zero-order chi connectivity index (χ0) is 23.8. The Morgan fingerprint density at radius 2 is 1.56 bits per heavy atom. The molecule has 2 aromatic heterocycles. The quantitative estimate of drug-likeness (QED) is 0.385. The minimum absolute atomic E-state index is 0.293. The van der Waals surface area contributed by atoms with E-state index in [2.05, 4.69) is 31.0 Å². The number of nitrogens with one attached hydrogen (secondary N) is 2. The molecule has 12 heteroatoms. The number of benzene rings is 2. The van der Waals surface area contributed by atoms with E-state index in [-0.39, 0.29) is 0 Å². The van der Waals surface area contributed by atoms with Crippen LogP contribution in [0.1, 0.15) is 17.2 Å². The first-order chi connectivity index (χ1) is 16.6. The van der Waals surface area contributed by atoms with Crippen LogP contribution in [0.3, 0.4) is 0 Å². The van der Waals surface area contributed by atoms with E-state index in [1.54, 1.807) is 51.3 Å². The van der Waals surface area contributed by atoms with Crippen molar-refractivity contribution in [3.8, 4) is 34.3 Å². The second kappa shape index (κ2) is 8.39. The number of rotatable bonds is 6. The molecule has 0 unspecified atom stereocenters. The Kier molecular flexibility index (Phi) is 5.24. The average molecular weight is 463 g/mol. The van der Waals surface area contributed by atoms with E-state index >= 15 is 0 Å². The van der Waals surface area contributed by atoms with Crippen LogP contribution in [0.4, 0.5) is 11.6 Å². The van der Waals surface area contributed by atoms with E-state index in [1.807, 2.05) is 18.2 Å². The molecule has 34 heavy (non-hydrogen) atoms. The molecule has 1 atom stereocenters. The molecular weight excluding hydrogens is 442 g/mol. The van der Waals surface area contributed by atoms with Gasteiger partial charge in [0, 0.05) is 11.1 Å². The van der Waals surface area contributed by atoms with Crippen LogP contribution >= 0.6 is 0 Å². The van der Waals surface area contributed by atoms with Crippen LogP contribution < -0.4 is 29.8 Å². The first-order valence-electron chi connectivity index (χ1n) is 10.2. The topological polar surface area (TPSA) is 138 Å². The van der Waals surface area contributed by atoms with Gasteiger partial charge in [-0.1, -0.05) is 11.2 Å². The normalized spacial score (nSPS) is 13.9. The van der Waals surface area contributed by atoms with Crippen LogP contribution in [0.15, 0.2) is 41.2 Å². The largest absolute Gasteiger partial charge is 0.493 e. The molecule has 0 saturated heterocycles.